The number of hydrogen-bond acceptors (Lipinski definition) is 7. The molecule has 0 atom stereocenters. The number of anilines is 1. The fourth-order valence-electron chi connectivity index (χ4n) is 3.10. The number of carbonyl (C=O) groups is 2. The Kier molecular flexibility index (Phi) is 9.17. The Bertz CT molecular complexity index is 1130. The van der Waals surface area contributed by atoms with Crippen LogP contribution in [0.4, 0.5) is 32.2 Å². The number of hydrogen-bond donors (Lipinski definition) is 2. The highest BCUT2D eigenvalue weighted by atomic mass is 19.4. The second-order valence-corrected chi connectivity index (χ2v) is 7.40. The zero-order valence-electron chi connectivity index (χ0n) is 18.3. The van der Waals surface area contributed by atoms with Crippen LogP contribution in [0.1, 0.15) is 17.8 Å². The number of aliphatic carboxylic acids is 2. The summed E-state index contributed by atoms with van der Waals surface area (Å²) in [6.07, 6.45) is -9.50. The van der Waals surface area contributed by atoms with Crippen LogP contribution in [0.2, 0.25) is 0 Å². The molecule has 1 aliphatic rings. The van der Waals surface area contributed by atoms with Crippen LogP contribution in [-0.2, 0) is 15.8 Å². The van der Waals surface area contributed by atoms with E-state index in [1.165, 1.54) is 12.1 Å². The second kappa shape index (κ2) is 11.7. The van der Waals surface area contributed by atoms with E-state index in [9.17, 15) is 36.4 Å². The van der Waals surface area contributed by atoms with E-state index in [0.29, 0.717) is 38.5 Å². The lowest BCUT2D eigenvalue weighted by atomic mass is 10.1. The zero-order valence-corrected chi connectivity index (χ0v) is 18.3. The molecule has 1 saturated heterocycles. The first-order valence-corrected chi connectivity index (χ1v) is 10.2. The van der Waals surface area contributed by atoms with Crippen LogP contribution in [0.5, 0.6) is 0 Å². The molecule has 15 heteroatoms. The molecule has 0 aliphatic carbocycles. The van der Waals surface area contributed by atoms with Gasteiger partial charge in [-0.05, 0) is 12.1 Å². The van der Waals surface area contributed by atoms with Crippen LogP contribution >= 0.6 is 0 Å². The van der Waals surface area contributed by atoms with E-state index in [1.54, 1.807) is 6.07 Å². The van der Waals surface area contributed by atoms with E-state index in [-0.39, 0.29) is 23.5 Å². The zero-order chi connectivity index (χ0) is 27.1. The van der Waals surface area contributed by atoms with Crippen molar-refractivity contribution in [2.45, 2.75) is 18.8 Å². The average Bonchev–Trinajstić information content (AvgIpc) is 2.82. The number of rotatable bonds is 5. The minimum Gasteiger partial charge on any atom is -0.481 e. The van der Waals surface area contributed by atoms with Crippen LogP contribution in [0, 0.1) is 11.3 Å². The molecule has 3 rings (SSSR count). The van der Waals surface area contributed by atoms with Gasteiger partial charge in [0, 0.05) is 44.4 Å². The number of nitriles is 1. The van der Waals surface area contributed by atoms with Crippen molar-refractivity contribution in [3.63, 3.8) is 0 Å². The third-order valence-corrected chi connectivity index (χ3v) is 4.88. The molecule has 1 fully saturated rings. The van der Waals surface area contributed by atoms with Crippen LogP contribution < -0.4 is 4.90 Å². The Balaban J connectivity index is 0.000000572. The Morgan fingerprint density at radius 1 is 1.00 bits per heavy atom. The second-order valence-electron chi connectivity index (χ2n) is 7.40. The summed E-state index contributed by atoms with van der Waals surface area (Å²) < 4.78 is 70.8. The van der Waals surface area contributed by atoms with Gasteiger partial charge in [-0.1, -0.05) is 12.1 Å². The molecule has 2 N–H and O–H groups in total. The fourth-order valence-corrected chi connectivity index (χ4v) is 3.10. The van der Waals surface area contributed by atoms with Gasteiger partial charge in [0.2, 0.25) is 5.82 Å². The van der Waals surface area contributed by atoms with Gasteiger partial charge in [-0.15, -0.1) is 0 Å². The Hall–Kier alpha value is -3.93. The van der Waals surface area contributed by atoms with E-state index >= 15 is 0 Å². The monoisotopic (exact) mass is 519 g/mol. The summed E-state index contributed by atoms with van der Waals surface area (Å²) in [5.41, 5.74) is -0.299. The molecule has 1 aliphatic heterocycles. The highest BCUT2D eigenvalue weighted by Crippen LogP contribution is 2.32. The minimum atomic E-state index is -5.08. The van der Waals surface area contributed by atoms with Crippen LogP contribution in [0.3, 0.4) is 0 Å². The highest BCUT2D eigenvalue weighted by molar-refractivity contribution is 5.73. The number of benzene rings is 1. The third-order valence-electron chi connectivity index (χ3n) is 4.88. The maximum absolute atomic E-state index is 13.0. The number of carboxylic acids is 2. The summed E-state index contributed by atoms with van der Waals surface area (Å²) in [4.78, 5) is 31.8. The van der Waals surface area contributed by atoms with Crippen LogP contribution in [0.15, 0.2) is 30.3 Å². The molecular formula is C21H19F6N5O4. The number of carboxylic acid groups (broad SMARTS) is 2. The summed E-state index contributed by atoms with van der Waals surface area (Å²) in [6, 6.07) is 8.21. The maximum atomic E-state index is 13.0. The predicted molar refractivity (Wildman–Crippen MR) is 112 cm³/mol. The van der Waals surface area contributed by atoms with E-state index in [2.05, 4.69) is 9.97 Å². The molecule has 36 heavy (non-hydrogen) atoms. The smallest absolute Gasteiger partial charge is 0.481 e. The quantitative estimate of drug-likeness (QED) is 0.572. The number of aromatic nitrogens is 2. The lowest BCUT2D eigenvalue weighted by Crippen LogP contribution is -2.47. The highest BCUT2D eigenvalue weighted by Gasteiger charge is 2.38. The SMILES string of the molecule is N#Cc1nc(-c2cccc(C(F)(F)F)c2)cc(N2CCN(CCC(=O)O)CC2)n1.O=C(O)C(F)(F)F. The largest absolute Gasteiger partial charge is 0.490 e. The number of nitrogens with zero attached hydrogens (tertiary/aromatic N) is 5. The van der Waals surface area contributed by atoms with Crippen molar-refractivity contribution >= 4 is 17.8 Å². The first-order chi connectivity index (χ1) is 16.7. The predicted octanol–water partition coefficient (Wildman–Crippen LogP) is 3.26. The number of alkyl halides is 6. The standard InChI is InChI=1S/C19H18F3N5O2.C2HF3O2/c20-19(21,22)14-3-1-2-13(10-14)15-11-17(25-16(12-23)24-15)27-8-6-26(7-9-27)5-4-18(28)29;3-2(4,5)1(6)7/h1-3,10-11H,4-9H2,(H,28,29);(H,6,7). The van der Waals surface area contributed by atoms with Crippen LogP contribution in [0.25, 0.3) is 11.3 Å². The van der Waals surface area contributed by atoms with Crippen molar-refractivity contribution in [2.24, 2.45) is 0 Å². The minimum absolute atomic E-state index is 0.0613. The fraction of sp³-hybridized carbons (Fsp3) is 0.381. The van der Waals surface area contributed by atoms with E-state index < -0.39 is 29.9 Å². The molecular weight excluding hydrogens is 500 g/mol. The van der Waals surface area contributed by atoms with Gasteiger partial charge >= 0.3 is 24.3 Å². The lowest BCUT2D eigenvalue weighted by molar-refractivity contribution is -0.192. The van der Waals surface area contributed by atoms with Crippen molar-refractivity contribution in [3.8, 4) is 17.3 Å². The van der Waals surface area contributed by atoms with Gasteiger partial charge in [0.1, 0.15) is 11.9 Å². The molecule has 0 bridgehead atoms. The summed E-state index contributed by atoms with van der Waals surface area (Å²) >= 11 is 0. The summed E-state index contributed by atoms with van der Waals surface area (Å²) in [5.74, 6) is -3.27. The third kappa shape index (κ3) is 8.38. The summed E-state index contributed by atoms with van der Waals surface area (Å²) in [5, 5.41) is 25.2. The Morgan fingerprint density at radius 2 is 1.61 bits per heavy atom. The average molecular weight is 519 g/mol. The van der Waals surface area contributed by atoms with Crippen molar-refractivity contribution in [1.29, 1.82) is 5.26 Å². The molecule has 0 amide bonds. The van der Waals surface area contributed by atoms with Gasteiger partial charge in [-0.3, -0.25) is 9.69 Å². The number of piperazine rings is 1. The molecule has 9 nitrogen and oxygen atoms in total. The van der Waals surface area contributed by atoms with Crippen molar-refractivity contribution in [3.05, 3.63) is 41.7 Å². The summed E-state index contributed by atoms with van der Waals surface area (Å²) in [7, 11) is 0. The first-order valence-electron chi connectivity index (χ1n) is 10.2. The maximum Gasteiger partial charge on any atom is 0.490 e. The van der Waals surface area contributed by atoms with Crippen molar-refractivity contribution < 1.29 is 46.1 Å². The molecule has 2 aromatic rings. The van der Waals surface area contributed by atoms with E-state index in [0.717, 1.165) is 12.1 Å². The van der Waals surface area contributed by atoms with Gasteiger partial charge in [0.25, 0.3) is 0 Å². The van der Waals surface area contributed by atoms with Gasteiger partial charge in [-0.25, -0.2) is 14.8 Å². The molecule has 0 saturated carbocycles. The van der Waals surface area contributed by atoms with Crippen molar-refractivity contribution in [1.82, 2.24) is 14.9 Å². The van der Waals surface area contributed by atoms with E-state index in [1.807, 2.05) is 15.9 Å². The molecule has 1 aromatic carbocycles. The Labute approximate surface area is 200 Å². The first kappa shape index (κ1) is 28.3. The van der Waals surface area contributed by atoms with E-state index in [4.69, 9.17) is 15.0 Å². The van der Waals surface area contributed by atoms with Crippen molar-refractivity contribution in [2.75, 3.05) is 37.6 Å². The number of halogens is 6. The molecule has 0 spiro atoms. The van der Waals surface area contributed by atoms with Gasteiger partial charge in [0.15, 0.2) is 0 Å². The van der Waals surface area contributed by atoms with Gasteiger partial charge in [-0.2, -0.15) is 31.6 Å². The van der Waals surface area contributed by atoms with Crippen LogP contribution in [-0.4, -0.2) is 75.9 Å². The molecule has 0 radical (unpaired) electrons. The van der Waals surface area contributed by atoms with Gasteiger partial charge in [0.05, 0.1) is 17.7 Å². The van der Waals surface area contributed by atoms with Gasteiger partial charge < -0.3 is 15.1 Å². The topological polar surface area (TPSA) is 131 Å². The lowest BCUT2D eigenvalue weighted by Gasteiger charge is -2.35. The summed E-state index contributed by atoms with van der Waals surface area (Å²) in [6.45, 7) is 2.81. The Morgan fingerprint density at radius 3 is 2.11 bits per heavy atom. The normalized spacial score (nSPS) is 14.4. The molecule has 1 aromatic heterocycles. The molecule has 194 valence electrons. The molecule has 2 heterocycles. The molecule has 0 unspecified atom stereocenters.